The van der Waals surface area contributed by atoms with Gasteiger partial charge in [-0.3, -0.25) is 14.5 Å². The average Bonchev–Trinajstić information content (AvgIpc) is 2.48. The van der Waals surface area contributed by atoms with Crippen LogP contribution in [-0.2, 0) is 16.1 Å². The van der Waals surface area contributed by atoms with Gasteiger partial charge in [-0.15, -0.1) is 0 Å². The lowest BCUT2D eigenvalue weighted by Crippen LogP contribution is -2.41. The Morgan fingerprint density at radius 2 is 1.86 bits per heavy atom. The van der Waals surface area contributed by atoms with Crippen LogP contribution in [0.25, 0.3) is 0 Å². The third kappa shape index (κ3) is 5.55. The zero-order valence-electron chi connectivity index (χ0n) is 12.1. The Morgan fingerprint density at radius 3 is 2.48 bits per heavy atom. The van der Waals surface area contributed by atoms with Crippen LogP contribution in [0.3, 0.4) is 0 Å². The van der Waals surface area contributed by atoms with Crippen molar-refractivity contribution in [1.82, 2.24) is 10.2 Å². The van der Waals surface area contributed by atoms with E-state index in [4.69, 9.17) is 5.11 Å². The summed E-state index contributed by atoms with van der Waals surface area (Å²) in [5, 5.41) is 11.7. The average molecular weight is 290 g/mol. The highest BCUT2D eigenvalue weighted by atomic mass is 16.4. The van der Waals surface area contributed by atoms with E-state index in [-0.39, 0.29) is 18.2 Å². The lowest BCUT2D eigenvalue weighted by molar-refractivity contribution is -0.138. The van der Waals surface area contributed by atoms with Crippen LogP contribution >= 0.6 is 0 Å². The second kappa shape index (κ2) is 7.78. The summed E-state index contributed by atoms with van der Waals surface area (Å²) in [4.78, 5) is 24.7. The maximum Gasteiger partial charge on any atom is 0.303 e. The molecule has 1 fully saturated rings. The number of hydrogen-bond acceptors (Lipinski definition) is 3. The third-order valence-corrected chi connectivity index (χ3v) is 3.87. The highest BCUT2D eigenvalue weighted by Gasteiger charge is 2.22. The van der Waals surface area contributed by atoms with Gasteiger partial charge in [0.05, 0.1) is 6.54 Å². The Kier molecular flexibility index (Phi) is 5.75. The van der Waals surface area contributed by atoms with Crippen molar-refractivity contribution in [3.05, 3.63) is 35.9 Å². The number of carbonyl (C=O) groups is 2. The fourth-order valence-corrected chi connectivity index (χ4v) is 2.65. The molecule has 5 heteroatoms. The van der Waals surface area contributed by atoms with Crippen molar-refractivity contribution in [2.45, 2.75) is 25.8 Å². The minimum Gasteiger partial charge on any atom is -0.481 e. The normalized spacial score (nSPS) is 16.6. The quantitative estimate of drug-likeness (QED) is 0.833. The molecule has 2 rings (SSSR count). The number of carboxylic acid groups (broad SMARTS) is 1. The predicted octanol–water partition coefficient (Wildman–Crippen LogP) is 1.49. The Bertz CT molecular complexity index is 468. The molecule has 0 radical (unpaired) electrons. The molecule has 1 aromatic carbocycles. The van der Waals surface area contributed by atoms with Crippen LogP contribution in [-0.4, -0.2) is 41.5 Å². The van der Waals surface area contributed by atoms with E-state index in [1.165, 1.54) is 0 Å². The second-order valence-corrected chi connectivity index (χ2v) is 5.58. The number of nitrogens with zero attached hydrogens (tertiary/aromatic N) is 1. The summed E-state index contributed by atoms with van der Waals surface area (Å²) in [5.41, 5.74) is 1.09. The number of piperidine rings is 1. The molecule has 0 spiro atoms. The van der Waals surface area contributed by atoms with Crippen LogP contribution in [0.2, 0.25) is 0 Å². The highest BCUT2D eigenvalue weighted by molar-refractivity contribution is 5.78. The van der Waals surface area contributed by atoms with Gasteiger partial charge in [0.1, 0.15) is 0 Å². The topological polar surface area (TPSA) is 69.6 Å². The molecular weight excluding hydrogens is 268 g/mol. The summed E-state index contributed by atoms with van der Waals surface area (Å²) in [6, 6.07) is 9.82. The fraction of sp³-hybridized carbons (Fsp3) is 0.500. The smallest absolute Gasteiger partial charge is 0.303 e. The summed E-state index contributed by atoms with van der Waals surface area (Å²) in [6.45, 7) is 2.55. The minimum absolute atomic E-state index is 0.0236. The van der Waals surface area contributed by atoms with Crippen molar-refractivity contribution in [3.8, 4) is 0 Å². The maximum atomic E-state index is 11.9. The SMILES string of the molecule is O=C(O)CC1CCN(CC(=O)NCc2ccccc2)CC1. The molecule has 0 aromatic heterocycles. The molecule has 1 aliphatic rings. The molecule has 1 heterocycles. The molecule has 1 aliphatic heterocycles. The van der Waals surface area contributed by atoms with E-state index in [0.717, 1.165) is 31.5 Å². The standard InChI is InChI=1S/C16H22N2O3/c19-15(17-11-14-4-2-1-3-5-14)12-18-8-6-13(7-9-18)10-16(20)21/h1-5,13H,6-12H2,(H,17,19)(H,20,21). The lowest BCUT2D eigenvalue weighted by atomic mass is 9.94. The van der Waals surface area contributed by atoms with Crippen LogP contribution in [0, 0.1) is 5.92 Å². The zero-order chi connectivity index (χ0) is 15.1. The first kappa shape index (κ1) is 15.5. The van der Waals surface area contributed by atoms with Crippen molar-refractivity contribution in [2.24, 2.45) is 5.92 Å². The number of benzene rings is 1. The zero-order valence-corrected chi connectivity index (χ0v) is 12.1. The molecule has 1 aromatic rings. The molecule has 1 saturated heterocycles. The number of amides is 1. The number of likely N-dealkylation sites (tertiary alicyclic amines) is 1. The Balaban J connectivity index is 1.66. The molecule has 0 bridgehead atoms. The summed E-state index contributed by atoms with van der Waals surface area (Å²) in [6.07, 6.45) is 1.96. The first-order valence-corrected chi connectivity index (χ1v) is 7.38. The van der Waals surface area contributed by atoms with Crippen LogP contribution < -0.4 is 5.32 Å². The fourth-order valence-electron chi connectivity index (χ4n) is 2.65. The van der Waals surface area contributed by atoms with E-state index in [0.29, 0.717) is 13.1 Å². The van der Waals surface area contributed by atoms with Crippen molar-refractivity contribution in [1.29, 1.82) is 0 Å². The van der Waals surface area contributed by atoms with Gasteiger partial charge in [0.15, 0.2) is 0 Å². The van der Waals surface area contributed by atoms with Crippen LogP contribution in [0.4, 0.5) is 0 Å². The molecule has 0 unspecified atom stereocenters. The molecular formula is C16H22N2O3. The third-order valence-electron chi connectivity index (χ3n) is 3.87. The van der Waals surface area contributed by atoms with Crippen molar-refractivity contribution >= 4 is 11.9 Å². The lowest BCUT2D eigenvalue weighted by Gasteiger charge is -2.30. The number of nitrogens with one attached hydrogen (secondary N) is 1. The van der Waals surface area contributed by atoms with Gasteiger partial charge >= 0.3 is 5.97 Å². The van der Waals surface area contributed by atoms with Crippen LogP contribution in [0.1, 0.15) is 24.8 Å². The number of hydrogen-bond donors (Lipinski definition) is 2. The van der Waals surface area contributed by atoms with Gasteiger partial charge in [-0.1, -0.05) is 30.3 Å². The van der Waals surface area contributed by atoms with Gasteiger partial charge in [0.2, 0.25) is 5.91 Å². The van der Waals surface area contributed by atoms with Gasteiger partial charge < -0.3 is 10.4 Å². The van der Waals surface area contributed by atoms with Gasteiger partial charge in [0, 0.05) is 13.0 Å². The van der Waals surface area contributed by atoms with Gasteiger partial charge in [0.25, 0.3) is 0 Å². The van der Waals surface area contributed by atoms with E-state index in [9.17, 15) is 9.59 Å². The number of carbonyl (C=O) groups excluding carboxylic acids is 1. The molecule has 21 heavy (non-hydrogen) atoms. The summed E-state index contributed by atoms with van der Waals surface area (Å²) < 4.78 is 0. The Morgan fingerprint density at radius 1 is 1.19 bits per heavy atom. The molecule has 1 amide bonds. The maximum absolute atomic E-state index is 11.9. The number of rotatable bonds is 6. The van der Waals surface area contributed by atoms with Gasteiger partial charge in [-0.2, -0.15) is 0 Å². The summed E-state index contributed by atoms with van der Waals surface area (Å²) in [5.74, 6) is -0.448. The monoisotopic (exact) mass is 290 g/mol. The predicted molar refractivity (Wildman–Crippen MR) is 79.7 cm³/mol. The van der Waals surface area contributed by atoms with Gasteiger partial charge in [-0.25, -0.2) is 0 Å². The Hall–Kier alpha value is -1.88. The van der Waals surface area contributed by atoms with E-state index in [1.54, 1.807) is 0 Å². The Labute approximate surface area is 125 Å². The largest absolute Gasteiger partial charge is 0.481 e. The first-order valence-electron chi connectivity index (χ1n) is 7.38. The first-order chi connectivity index (χ1) is 10.1. The molecule has 0 atom stereocenters. The van der Waals surface area contributed by atoms with Crippen molar-refractivity contribution in [2.75, 3.05) is 19.6 Å². The van der Waals surface area contributed by atoms with E-state index in [1.807, 2.05) is 30.3 Å². The van der Waals surface area contributed by atoms with Crippen LogP contribution in [0.5, 0.6) is 0 Å². The highest BCUT2D eigenvalue weighted by Crippen LogP contribution is 2.19. The summed E-state index contributed by atoms with van der Waals surface area (Å²) in [7, 11) is 0. The van der Waals surface area contributed by atoms with Crippen LogP contribution in [0.15, 0.2) is 30.3 Å². The molecule has 2 N–H and O–H groups in total. The molecule has 0 saturated carbocycles. The molecule has 0 aliphatic carbocycles. The number of aliphatic carboxylic acids is 1. The van der Waals surface area contributed by atoms with E-state index >= 15 is 0 Å². The second-order valence-electron chi connectivity index (χ2n) is 5.58. The molecule has 5 nitrogen and oxygen atoms in total. The number of carboxylic acids is 1. The molecule has 114 valence electrons. The van der Waals surface area contributed by atoms with Crippen molar-refractivity contribution in [3.63, 3.8) is 0 Å². The minimum atomic E-state index is -0.728. The van der Waals surface area contributed by atoms with E-state index < -0.39 is 5.97 Å². The van der Waals surface area contributed by atoms with E-state index in [2.05, 4.69) is 10.2 Å². The van der Waals surface area contributed by atoms with Crippen molar-refractivity contribution < 1.29 is 14.7 Å². The van der Waals surface area contributed by atoms with Gasteiger partial charge in [-0.05, 0) is 37.4 Å². The summed E-state index contributed by atoms with van der Waals surface area (Å²) >= 11 is 0.